The summed E-state index contributed by atoms with van der Waals surface area (Å²) >= 11 is 6.19. The van der Waals surface area contributed by atoms with Gasteiger partial charge in [0, 0.05) is 22.0 Å². The van der Waals surface area contributed by atoms with Crippen LogP contribution in [-0.4, -0.2) is 21.7 Å². The lowest BCUT2D eigenvalue weighted by molar-refractivity contribution is -0.124. The van der Waals surface area contributed by atoms with Gasteiger partial charge in [0.25, 0.3) is 0 Å². The average Bonchev–Trinajstić information content (AvgIpc) is 3.33. The summed E-state index contributed by atoms with van der Waals surface area (Å²) in [6.45, 7) is 1.88. The molecular weight excluding hydrogens is 322 g/mol. The molecule has 1 fully saturated rings. The van der Waals surface area contributed by atoms with E-state index in [1.54, 1.807) is 4.68 Å². The first-order valence-corrected chi connectivity index (χ1v) is 8.55. The molecule has 122 valence electrons. The summed E-state index contributed by atoms with van der Waals surface area (Å²) in [5.74, 6) is 0.0106. The fraction of sp³-hybridized carbons (Fsp3) is 0.263. The van der Waals surface area contributed by atoms with Crippen molar-refractivity contribution >= 4 is 28.4 Å². The van der Waals surface area contributed by atoms with Crippen LogP contribution < -0.4 is 5.32 Å². The molecule has 5 heteroatoms. The van der Waals surface area contributed by atoms with Crippen LogP contribution in [0.2, 0.25) is 5.02 Å². The van der Waals surface area contributed by atoms with Crippen LogP contribution in [0.4, 0.5) is 0 Å². The summed E-state index contributed by atoms with van der Waals surface area (Å²) < 4.78 is 1.80. The maximum absolute atomic E-state index is 12.5. The molecule has 1 amide bonds. The number of nitrogens with one attached hydrogen (secondary N) is 1. The number of aromatic nitrogens is 2. The van der Waals surface area contributed by atoms with E-state index in [1.807, 2.05) is 55.5 Å². The topological polar surface area (TPSA) is 46.9 Å². The van der Waals surface area contributed by atoms with Crippen LogP contribution in [0.15, 0.2) is 48.5 Å². The lowest BCUT2D eigenvalue weighted by Crippen LogP contribution is -2.32. The second-order valence-electron chi connectivity index (χ2n) is 6.28. The molecule has 4 rings (SSSR count). The van der Waals surface area contributed by atoms with E-state index in [9.17, 15) is 4.79 Å². The zero-order valence-electron chi connectivity index (χ0n) is 13.4. The van der Waals surface area contributed by atoms with Gasteiger partial charge in [0.15, 0.2) is 0 Å². The van der Waals surface area contributed by atoms with Gasteiger partial charge in [-0.3, -0.25) is 9.48 Å². The Morgan fingerprint density at radius 3 is 2.71 bits per heavy atom. The maximum atomic E-state index is 12.5. The third-order valence-corrected chi connectivity index (χ3v) is 4.62. The Kier molecular flexibility index (Phi) is 3.77. The van der Waals surface area contributed by atoms with E-state index in [4.69, 9.17) is 16.7 Å². The van der Waals surface area contributed by atoms with Crippen LogP contribution in [0, 0.1) is 0 Å². The molecule has 0 spiro atoms. The van der Waals surface area contributed by atoms with Crippen molar-refractivity contribution in [3.05, 3.63) is 53.6 Å². The van der Waals surface area contributed by atoms with Gasteiger partial charge in [-0.15, -0.1) is 0 Å². The van der Waals surface area contributed by atoms with Crippen molar-refractivity contribution in [2.75, 3.05) is 0 Å². The van der Waals surface area contributed by atoms with Crippen molar-refractivity contribution in [1.82, 2.24) is 15.1 Å². The van der Waals surface area contributed by atoms with Gasteiger partial charge in [0.05, 0.1) is 5.52 Å². The van der Waals surface area contributed by atoms with E-state index < -0.39 is 0 Å². The van der Waals surface area contributed by atoms with Crippen LogP contribution in [-0.2, 0) is 4.79 Å². The molecule has 1 unspecified atom stereocenters. The Balaban J connectivity index is 1.82. The predicted octanol–water partition coefficient (Wildman–Crippen LogP) is 4.20. The number of fused-ring (bicyclic) bond motifs is 1. The van der Waals surface area contributed by atoms with Crippen LogP contribution in [0.25, 0.3) is 22.2 Å². The lowest BCUT2D eigenvalue weighted by atomic mass is 10.1. The van der Waals surface area contributed by atoms with Crippen LogP contribution in [0.5, 0.6) is 0 Å². The van der Waals surface area contributed by atoms with Crippen LogP contribution in [0.3, 0.4) is 0 Å². The minimum Gasteiger partial charge on any atom is -0.352 e. The molecule has 0 aliphatic heterocycles. The zero-order valence-corrected chi connectivity index (χ0v) is 14.1. The Hall–Kier alpha value is -2.33. The van der Waals surface area contributed by atoms with E-state index in [0.717, 1.165) is 35.0 Å². The molecule has 0 radical (unpaired) electrons. The summed E-state index contributed by atoms with van der Waals surface area (Å²) in [6.07, 6.45) is 2.15. The van der Waals surface area contributed by atoms with Crippen molar-refractivity contribution in [3.8, 4) is 11.3 Å². The predicted molar refractivity (Wildman–Crippen MR) is 96.1 cm³/mol. The number of carbonyl (C=O) groups excluding carboxylic acids is 1. The summed E-state index contributed by atoms with van der Waals surface area (Å²) in [5, 5.41) is 9.42. The largest absolute Gasteiger partial charge is 0.352 e. The number of nitrogens with zero attached hydrogens (tertiary/aromatic N) is 2. The number of hydrogen-bond acceptors (Lipinski definition) is 2. The first-order chi connectivity index (χ1) is 11.6. The highest BCUT2D eigenvalue weighted by Crippen LogP contribution is 2.32. The zero-order chi connectivity index (χ0) is 16.7. The first kappa shape index (κ1) is 15.2. The van der Waals surface area contributed by atoms with E-state index in [0.29, 0.717) is 11.1 Å². The van der Waals surface area contributed by atoms with Gasteiger partial charge in [-0.2, -0.15) is 5.10 Å². The smallest absolute Gasteiger partial charge is 0.244 e. The normalized spacial score (nSPS) is 15.4. The minimum absolute atomic E-state index is 0.0106. The van der Waals surface area contributed by atoms with Crippen LogP contribution >= 0.6 is 11.6 Å². The van der Waals surface area contributed by atoms with Crippen molar-refractivity contribution in [2.24, 2.45) is 0 Å². The second kappa shape index (κ2) is 5.95. The average molecular weight is 340 g/mol. The van der Waals surface area contributed by atoms with Crippen LogP contribution in [0.1, 0.15) is 25.8 Å². The summed E-state index contributed by atoms with van der Waals surface area (Å²) in [6, 6.07) is 15.6. The van der Waals surface area contributed by atoms with Crippen molar-refractivity contribution in [1.29, 1.82) is 0 Å². The fourth-order valence-electron chi connectivity index (χ4n) is 2.88. The first-order valence-electron chi connectivity index (χ1n) is 8.17. The van der Waals surface area contributed by atoms with Crippen molar-refractivity contribution in [3.63, 3.8) is 0 Å². The standard InChI is InChI=1S/C19H18ClN3O/c1-12(19(24)21-15-8-9-15)23-17-10-7-14(20)11-16(17)18(22-23)13-5-3-2-4-6-13/h2-7,10-12,15H,8-9H2,1H3,(H,21,24). The van der Waals surface area contributed by atoms with E-state index in [1.165, 1.54) is 0 Å². The van der Waals surface area contributed by atoms with Gasteiger partial charge in [-0.05, 0) is 38.0 Å². The molecule has 2 aromatic carbocycles. The molecule has 1 aliphatic rings. The number of rotatable bonds is 4. The molecule has 1 heterocycles. The molecule has 1 aliphatic carbocycles. The molecule has 1 N–H and O–H groups in total. The third kappa shape index (κ3) is 2.78. The SMILES string of the molecule is CC(C(=O)NC1CC1)n1nc(-c2ccccc2)c2cc(Cl)ccc21. The Morgan fingerprint density at radius 1 is 1.25 bits per heavy atom. The second-order valence-corrected chi connectivity index (χ2v) is 6.72. The molecule has 0 bridgehead atoms. The number of benzene rings is 2. The van der Waals surface area contributed by atoms with E-state index >= 15 is 0 Å². The summed E-state index contributed by atoms with van der Waals surface area (Å²) in [5.41, 5.74) is 2.77. The quantitative estimate of drug-likeness (QED) is 0.774. The van der Waals surface area contributed by atoms with Gasteiger partial charge < -0.3 is 5.32 Å². The molecular formula is C19H18ClN3O. The van der Waals surface area contributed by atoms with E-state index in [2.05, 4.69) is 5.32 Å². The van der Waals surface area contributed by atoms with Gasteiger partial charge in [-0.1, -0.05) is 41.9 Å². The molecule has 0 saturated heterocycles. The van der Waals surface area contributed by atoms with Crippen molar-refractivity contribution in [2.45, 2.75) is 31.8 Å². The third-order valence-electron chi connectivity index (χ3n) is 4.39. The van der Waals surface area contributed by atoms with Gasteiger partial charge in [0.2, 0.25) is 5.91 Å². The molecule has 1 aromatic heterocycles. The van der Waals surface area contributed by atoms with Gasteiger partial charge in [-0.25, -0.2) is 0 Å². The summed E-state index contributed by atoms with van der Waals surface area (Å²) in [7, 11) is 0. The molecule has 3 aromatic rings. The Morgan fingerprint density at radius 2 is 2.00 bits per heavy atom. The fourth-order valence-corrected chi connectivity index (χ4v) is 3.05. The monoisotopic (exact) mass is 339 g/mol. The Labute approximate surface area is 145 Å². The molecule has 1 atom stereocenters. The van der Waals surface area contributed by atoms with E-state index in [-0.39, 0.29) is 11.9 Å². The number of hydrogen-bond donors (Lipinski definition) is 1. The molecule has 24 heavy (non-hydrogen) atoms. The minimum atomic E-state index is -0.369. The maximum Gasteiger partial charge on any atom is 0.244 e. The highest BCUT2D eigenvalue weighted by atomic mass is 35.5. The van der Waals surface area contributed by atoms with Gasteiger partial charge >= 0.3 is 0 Å². The molecule has 1 saturated carbocycles. The highest BCUT2D eigenvalue weighted by Gasteiger charge is 2.27. The highest BCUT2D eigenvalue weighted by molar-refractivity contribution is 6.31. The lowest BCUT2D eigenvalue weighted by Gasteiger charge is -2.13. The molecule has 4 nitrogen and oxygen atoms in total. The number of carbonyl (C=O) groups is 1. The number of amides is 1. The Bertz CT molecular complexity index is 900. The van der Waals surface area contributed by atoms with Crippen molar-refractivity contribution < 1.29 is 4.79 Å². The van der Waals surface area contributed by atoms with Gasteiger partial charge in [0.1, 0.15) is 11.7 Å². The number of halogens is 1. The summed E-state index contributed by atoms with van der Waals surface area (Å²) in [4.78, 5) is 12.5.